The van der Waals surface area contributed by atoms with Gasteiger partial charge < -0.3 is 19.3 Å². The minimum absolute atomic E-state index is 0.0537. The normalized spacial score (nSPS) is 20.2. The maximum absolute atomic E-state index is 13.0. The summed E-state index contributed by atoms with van der Waals surface area (Å²) in [6.07, 6.45) is -1.75. The van der Waals surface area contributed by atoms with E-state index < -0.39 is 12.3 Å². The molecular weight excluding hydrogens is 324 g/mol. The lowest BCUT2D eigenvalue weighted by atomic mass is 9.97. The van der Waals surface area contributed by atoms with Gasteiger partial charge in [-0.2, -0.15) is 0 Å². The lowest BCUT2D eigenvalue weighted by Gasteiger charge is -2.31. The van der Waals surface area contributed by atoms with E-state index in [4.69, 9.17) is 9.84 Å². The van der Waals surface area contributed by atoms with E-state index in [1.54, 1.807) is 12.1 Å². The van der Waals surface area contributed by atoms with Gasteiger partial charge in [0.05, 0.1) is 6.61 Å². The molecule has 3 rings (SSSR count). The maximum Gasteiger partial charge on any atom is 0.586 e. The molecule has 1 aromatic carbocycles. The molecular formula is C16H19F2NO5. The van der Waals surface area contributed by atoms with Crippen LogP contribution in [0, 0.1) is 5.92 Å². The number of nitrogens with zero attached hydrogens (tertiary/aromatic N) is 1. The Morgan fingerprint density at radius 1 is 1.29 bits per heavy atom. The minimum Gasteiger partial charge on any atom is -0.480 e. The van der Waals surface area contributed by atoms with Gasteiger partial charge in [0.25, 0.3) is 0 Å². The lowest BCUT2D eigenvalue weighted by Crippen LogP contribution is -2.34. The maximum atomic E-state index is 13.0. The molecule has 0 aromatic heterocycles. The van der Waals surface area contributed by atoms with Crippen LogP contribution in [-0.4, -0.2) is 48.6 Å². The lowest BCUT2D eigenvalue weighted by molar-refractivity contribution is -0.286. The van der Waals surface area contributed by atoms with E-state index in [1.165, 1.54) is 6.07 Å². The highest BCUT2D eigenvalue weighted by molar-refractivity contribution is 5.67. The number of carboxylic acids is 1. The van der Waals surface area contributed by atoms with Crippen molar-refractivity contribution in [1.82, 2.24) is 4.90 Å². The summed E-state index contributed by atoms with van der Waals surface area (Å²) in [5, 5.41) is 8.55. The van der Waals surface area contributed by atoms with Crippen molar-refractivity contribution in [3.63, 3.8) is 0 Å². The molecule has 0 radical (unpaired) electrons. The molecule has 0 atom stereocenters. The molecule has 1 saturated heterocycles. The molecule has 0 bridgehead atoms. The molecule has 132 valence electrons. The molecule has 2 aliphatic heterocycles. The zero-order valence-corrected chi connectivity index (χ0v) is 13.0. The first-order valence-corrected chi connectivity index (χ1v) is 7.82. The molecule has 6 nitrogen and oxygen atoms in total. The average molecular weight is 343 g/mol. The Hall–Kier alpha value is -1.93. The van der Waals surface area contributed by atoms with Crippen LogP contribution in [0.15, 0.2) is 18.2 Å². The van der Waals surface area contributed by atoms with Crippen LogP contribution >= 0.6 is 0 Å². The molecule has 0 amide bonds. The predicted molar refractivity (Wildman–Crippen MR) is 79.1 cm³/mol. The number of alkyl halides is 2. The molecule has 2 aliphatic rings. The van der Waals surface area contributed by atoms with Gasteiger partial charge in [-0.3, -0.25) is 4.90 Å². The summed E-state index contributed by atoms with van der Waals surface area (Å²) in [5.74, 6) is -0.482. The zero-order chi connectivity index (χ0) is 17.2. The third-order valence-corrected chi connectivity index (χ3v) is 4.16. The summed E-state index contributed by atoms with van der Waals surface area (Å²) in [6, 6.07) is 4.84. The number of ether oxygens (including phenoxy) is 3. The fourth-order valence-corrected chi connectivity index (χ4v) is 2.97. The van der Waals surface area contributed by atoms with Crippen LogP contribution in [-0.2, 0) is 16.1 Å². The van der Waals surface area contributed by atoms with Gasteiger partial charge in [-0.1, -0.05) is 6.07 Å². The van der Waals surface area contributed by atoms with Crippen LogP contribution in [0.25, 0.3) is 0 Å². The third kappa shape index (κ3) is 4.33. The SMILES string of the molecule is O=C(O)COCC1CCN(Cc2ccc3c(c2)OC(F)(F)O3)CC1. The highest BCUT2D eigenvalue weighted by Gasteiger charge is 2.43. The van der Waals surface area contributed by atoms with Crippen LogP contribution in [0.2, 0.25) is 0 Å². The number of carbonyl (C=O) groups is 1. The Morgan fingerprint density at radius 3 is 2.71 bits per heavy atom. The molecule has 0 spiro atoms. The number of hydrogen-bond acceptors (Lipinski definition) is 5. The number of carboxylic acid groups (broad SMARTS) is 1. The van der Waals surface area contributed by atoms with E-state index in [9.17, 15) is 13.6 Å². The number of benzene rings is 1. The van der Waals surface area contributed by atoms with E-state index in [0.29, 0.717) is 19.1 Å². The van der Waals surface area contributed by atoms with Crippen molar-refractivity contribution in [3.8, 4) is 11.5 Å². The largest absolute Gasteiger partial charge is 0.586 e. The second-order valence-corrected chi connectivity index (χ2v) is 6.08. The summed E-state index contributed by atoms with van der Waals surface area (Å²) in [7, 11) is 0. The summed E-state index contributed by atoms with van der Waals surface area (Å²) in [4.78, 5) is 12.6. The predicted octanol–water partition coefficient (Wildman–Crippen LogP) is 2.32. The molecule has 0 unspecified atom stereocenters. The number of halogens is 2. The average Bonchev–Trinajstić information content (AvgIpc) is 2.82. The molecule has 1 N–H and O–H groups in total. The second-order valence-electron chi connectivity index (χ2n) is 6.08. The first-order chi connectivity index (χ1) is 11.4. The van der Waals surface area contributed by atoms with Crippen molar-refractivity contribution in [1.29, 1.82) is 0 Å². The number of likely N-dealkylation sites (tertiary alicyclic amines) is 1. The van der Waals surface area contributed by atoms with Crippen molar-refractivity contribution in [2.75, 3.05) is 26.3 Å². The number of rotatable bonds is 6. The molecule has 0 saturated carbocycles. The summed E-state index contributed by atoms with van der Waals surface area (Å²) in [5.41, 5.74) is 0.885. The highest BCUT2D eigenvalue weighted by atomic mass is 19.3. The van der Waals surface area contributed by atoms with Crippen LogP contribution in [0.1, 0.15) is 18.4 Å². The summed E-state index contributed by atoms with van der Waals surface area (Å²) in [6.45, 7) is 2.55. The van der Waals surface area contributed by atoms with Crippen LogP contribution in [0.3, 0.4) is 0 Å². The van der Waals surface area contributed by atoms with Gasteiger partial charge >= 0.3 is 12.3 Å². The van der Waals surface area contributed by atoms with Crippen LogP contribution < -0.4 is 9.47 Å². The third-order valence-electron chi connectivity index (χ3n) is 4.16. The van der Waals surface area contributed by atoms with Crippen molar-refractivity contribution in [2.45, 2.75) is 25.7 Å². The molecule has 24 heavy (non-hydrogen) atoms. The Kier molecular flexibility index (Phi) is 4.86. The summed E-state index contributed by atoms with van der Waals surface area (Å²) < 4.78 is 40.0. The van der Waals surface area contributed by atoms with E-state index in [-0.39, 0.29) is 18.1 Å². The molecule has 2 heterocycles. The molecule has 8 heteroatoms. The van der Waals surface area contributed by atoms with E-state index in [2.05, 4.69) is 14.4 Å². The van der Waals surface area contributed by atoms with Crippen LogP contribution in [0.5, 0.6) is 11.5 Å². The van der Waals surface area contributed by atoms with Crippen molar-refractivity contribution < 1.29 is 32.9 Å². The van der Waals surface area contributed by atoms with Gasteiger partial charge in [-0.25, -0.2) is 4.79 Å². The fourth-order valence-electron chi connectivity index (χ4n) is 2.97. The van der Waals surface area contributed by atoms with Crippen molar-refractivity contribution in [2.24, 2.45) is 5.92 Å². The first kappa shape index (κ1) is 16.9. The Labute approximate surface area is 137 Å². The van der Waals surface area contributed by atoms with Gasteiger partial charge in [0, 0.05) is 6.54 Å². The van der Waals surface area contributed by atoms with Gasteiger partial charge in [-0.05, 0) is 49.5 Å². The van der Waals surface area contributed by atoms with Crippen LogP contribution in [0.4, 0.5) is 8.78 Å². The first-order valence-electron chi connectivity index (χ1n) is 7.82. The Balaban J connectivity index is 1.46. The quantitative estimate of drug-likeness (QED) is 0.855. The van der Waals surface area contributed by atoms with Gasteiger partial charge in [0.1, 0.15) is 6.61 Å². The minimum atomic E-state index is -3.59. The highest BCUT2D eigenvalue weighted by Crippen LogP contribution is 2.41. The fraction of sp³-hybridized carbons (Fsp3) is 0.562. The zero-order valence-electron chi connectivity index (χ0n) is 13.0. The molecule has 0 aliphatic carbocycles. The van der Waals surface area contributed by atoms with E-state index in [1.807, 2.05) is 0 Å². The topological polar surface area (TPSA) is 68.2 Å². The Morgan fingerprint density at radius 2 is 2.00 bits per heavy atom. The number of hydrogen-bond donors (Lipinski definition) is 1. The summed E-state index contributed by atoms with van der Waals surface area (Å²) >= 11 is 0. The number of piperidine rings is 1. The van der Waals surface area contributed by atoms with Crippen molar-refractivity contribution >= 4 is 5.97 Å². The van der Waals surface area contributed by atoms with Crippen molar-refractivity contribution in [3.05, 3.63) is 23.8 Å². The van der Waals surface area contributed by atoms with E-state index in [0.717, 1.165) is 31.5 Å². The van der Waals surface area contributed by atoms with Gasteiger partial charge in [-0.15, -0.1) is 8.78 Å². The monoisotopic (exact) mass is 343 g/mol. The second kappa shape index (κ2) is 6.90. The Bertz CT molecular complexity index is 602. The molecule has 1 aromatic rings. The standard InChI is InChI=1S/C16H19F2NO5/c17-16(18)23-13-2-1-12(7-14(13)24-16)8-19-5-3-11(4-6-19)9-22-10-15(20)21/h1-2,7,11H,3-6,8-10H2,(H,20,21). The molecule has 1 fully saturated rings. The van der Waals surface area contributed by atoms with E-state index >= 15 is 0 Å². The smallest absolute Gasteiger partial charge is 0.480 e. The van der Waals surface area contributed by atoms with Gasteiger partial charge in [0.2, 0.25) is 0 Å². The van der Waals surface area contributed by atoms with Gasteiger partial charge in [0.15, 0.2) is 11.5 Å². The number of aliphatic carboxylic acids is 1. The number of fused-ring (bicyclic) bond motifs is 1.